The lowest BCUT2D eigenvalue weighted by molar-refractivity contribution is -0.120. The largest absolute Gasteiger partial charge is 0.490 e. The Morgan fingerprint density at radius 3 is 2.83 bits per heavy atom. The van der Waals surface area contributed by atoms with E-state index in [0.717, 1.165) is 22.4 Å². The molecular weight excluding hydrogens is 300 g/mol. The summed E-state index contributed by atoms with van der Waals surface area (Å²) in [5.74, 6) is 0.595. The van der Waals surface area contributed by atoms with E-state index in [2.05, 4.69) is 23.2 Å². The van der Waals surface area contributed by atoms with Crippen LogP contribution >= 0.6 is 0 Å². The van der Waals surface area contributed by atoms with Crippen molar-refractivity contribution in [1.29, 1.82) is 0 Å². The molecule has 0 heterocycles. The summed E-state index contributed by atoms with van der Waals surface area (Å²) in [6.07, 6.45) is 3.60. The third kappa shape index (κ3) is 5.39. The second-order valence-corrected chi connectivity index (χ2v) is 5.57. The number of hydrazone groups is 1. The molecule has 2 rings (SSSR count). The average molecular weight is 322 g/mol. The van der Waals surface area contributed by atoms with Crippen molar-refractivity contribution >= 4 is 12.1 Å². The van der Waals surface area contributed by atoms with Crippen LogP contribution in [-0.4, -0.2) is 18.7 Å². The Kier molecular flexibility index (Phi) is 6.32. The number of hydrogen-bond acceptors (Lipinski definition) is 3. The number of aryl methyl sites for hydroxylation is 2. The Hall–Kier alpha value is -2.88. The van der Waals surface area contributed by atoms with Gasteiger partial charge in [-0.15, -0.1) is 0 Å². The van der Waals surface area contributed by atoms with Gasteiger partial charge >= 0.3 is 0 Å². The molecule has 0 saturated carbocycles. The first-order valence-corrected chi connectivity index (χ1v) is 7.80. The van der Waals surface area contributed by atoms with Crippen LogP contribution in [0.15, 0.2) is 60.2 Å². The van der Waals surface area contributed by atoms with Gasteiger partial charge in [0.25, 0.3) is 0 Å². The maximum Gasteiger partial charge on any atom is 0.244 e. The molecule has 124 valence electrons. The van der Waals surface area contributed by atoms with Gasteiger partial charge in [-0.2, -0.15) is 5.10 Å². The molecule has 24 heavy (non-hydrogen) atoms. The van der Waals surface area contributed by atoms with Crippen LogP contribution in [0.3, 0.4) is 0 Å². The SMILES string of the molecule is C=CCOc1cccc(/C=N\NC(=O)Cc2ccc(C)cc2C)c1. The van der Waals surface area contributed by atoms with Gasteiger partial charge in [0.15, 0.2) is 0 Å². The van der Waals surface area contributed by atoms with E-state index in [1.54, 1.807) is 12.3 Å². The molecular formula is C20H22N2O2. The van der Waals surface area contributed by atoms with Gasteiger partial charge < -0.3 is 4.74 Å². The lowest BCUT2D eigenvalue weighted by Gasteiger charge is -2.06. The zero-order chi connectivity index (χ0) is 17.4. The molecule has 0 spiro atoms. The van der Waals surface area contributed by atoms with Crippen LogP contribution in [0.1, 0.15) is 22.3 Å². The van der Waals surface area contributed by atoms with Gasteiger partial charge in [-0.3, -0.25) is 4.79 Å². The molecule has 0 bridgehead atoms. The standard InChI is InChI=1S/C20H22N2O2/c1-4-10-24-19-7-5-6-17(12-19)14-21-22-20(23)13-18-9-8-15(2)11-16(18)3/h4-9,11-12,14H,1,10,13H2,2-3H3,(H,22,23)/b21-14-. The Labute approximate surface area is 142 Å². The van der Waals surface area contributed by atoms with Crippen LogP contribution in [0.2, 0.25) is 0 Å². The fourth-order valence-corrected chi connectivity index (χ4v) is 2.28. The third-order valence-corrected chi connectivity index (χ3v) is 3.48. The van der Waals surface area contributed by atoms with E-state index >= 15 is 0 Å². The number of carbonyl (C=O) groups is 1. The third-order valence-electron chi connectivity index (χ3n) is 3.48. The highest BCUT2D eigenvalue weighted by Crippen LogP contribution is 2.12. The van der Waals surface area contributed by atoms with Crippen molar-refractivity contribution in [1.82, 2.24) is 5.43 Å². The quantitative estimate of drug-likeness (QED) is 0.481. The van der Waals surface area contributed by atoms with Crippen LogP contribution in [0.25, 0.3) is 0 Å². The summed E-state index contributed by atoms with van der Waals surface area (Å²) in [5, 5.41) is 4.01. The van der Waals surface area contributed by atoms with Crippen LogP contribution in [0.4, 0.5) is 0 Å². The summed E-state index contributed by atoms with van der Waals surface area (Å²) in [6, 6.07) is 13.5. The molecule has 4 heteroatoms. The molecule has 0 radical (unpaired) electrons. The van der Waals surface area contributed by atoms with E-state index < -0.39 is 0 Å². The Balaban J connectivity index is 1.91. The van der Waals surface area contributed by atoms with Crippen molar-refractivity contribution in [3.8, 4) is 5.75 Å². The molecule has 0 aliphatic rings. The number of nitrogens with zero attached hydrogens (tertiary/aromatic N) is 1. The number of amides is 1. The summed E-state index contributed by atoms with van der Waals surface area (Å²) in [7, 11) is 0. The number of benzene rings is 2. The number of hydrogen-bond donors (Lipinski definition) is 1. The highest BCUT2D eigenvalue weighted by Gasteiger charge is 2.05. The van der Waals surface area contributed by atoms with Gasteiger partial charge in [0, 0.05) is 0 Å². The highest BCUT2D eigenvalue weighted by molar-refractivity contribution is 5.83. The number of carbonyl (C=O) groups excluding carboxylic acids is 1. The normalized spacial score (nSPS) is 10.6. The van der Waals surface area contributed by atoms with Crippen molar-refractivity contribution in [2.24, 2.45) is 5.10 Å². The molecule has 0 aliphatic heterocycles. The maximum atomic E-state index is 12.0. The molecule has 2 aromatic carbocycles. The van der Waals surface area contributed by atoms with Crippen LogP contribution in [-0.2, 0) is 11.2 Å². The molecule has 0 aromatic heterocycles. The van der Waals surface area contributed by atoms with E-state index in [1.807, 2.05) is 50.2 Å². The minimum absolute atomic E-state index is 0.141. The fourth-order valence-electron chi connectivity index (χ4n) is 2.28. The first-order chi connectivity index (χ1) is 11.6. The van der Waals surface area contributed by atoms with Gasteiger partial charge in [-0.05, 0) is 42.7 Å². The smallest absolute Gasteiger partial charge is 0.244 e. The second kappa shape index (κ2) is 8.67. The average Bonchev–Trinajstić information content (AvgIpc) is 2.56. The number of rotatable bonds is 7. The first kappa shape index (κ1) is 17.5. The molecule has 4 nitrogen and oxygen atoms in total. The number of nitrogens with one attached hydrogen (secondary N) is 1. The molecule has 0 unspecified atom stereocenters. The second-order valence-electron chi connectivity index (χ2n) is 5.57. The summed E-state index contributed by atoms with van der Waals surface area (Å²) in [4.78, 5) is 12.0. The van der Waals surface area contributed by atoms with Crippen molar-refractivity contribution < 1.29 is 9.53 Å². The minimum Gasteiger partial charge on any atom is -0.490 e. The van der Waals surface area contributed by atoms with Crippen LogP contribution in [0.5, 0.6) is 5.75 Å². The van der Waals surface area contributed by atoms with Crippen molar-refractivity contribution in [3.63, 3.8) is 0 Å². The van der Waals surface area contributed by atoms with Gasteiger partial charge in [0.05, 0.1) is 12.6 Å². The van der Waals surface area contributed by atoms with Crippen molar-refractivity contribution in [2.45, 2.75) is 20.3 Å². The topological polar surface area (TPSA) is 50.7 Å². The highest BCUT2D eigenvalue weighted by atomic mass is 16.5. The monoisotopic (exact) mass is 322 g/mol. The van der Waals surface area contributed by atoms with Gasteiger partial charge in [-0.1, -0.05) is 48.6 Å². The van der Waals surface area contributed by atoms with Crippen molar-refractivity contribution in [2.75, 3.05) is 6.61 Å². The predicted molar refractivity (Wildman–Crippen MR) is 97.5 cm³/mol. The first-order valence-electron chi connectivity index (χ1n) is 7.80. The Bertz CT molecular complexity index is 751. The molecule has 2 aromatic rings. The Morgan fingerprint density at radius 1 is 1.25 bits per heavy atom. The summed E-state index contributed by atoms with van der Waals surface area (Å²) < 4.78 is 5.46. The van der Waals surface area contributed by atoms with Crippen LogP contribution in [0, 0.1) is 13.8 Å². The van der Waals surface area contributed by atoms with Gasteiger partial charge in [0.1, 0.15) is 12.4 Å². The molecule has 0 aliphatic carbocycles. The summed E-state index contributed by atoms with van der Waals surface area (Å²) >= 11 is 0. The minimum atomic E-state index is -0.141. The zero-order valence-corrected chi connectivity index (χ0v) is 14.1. The predicted octanol–water partition coefficient (Wildman–Crippen LogP) is 3.56. The van der Waals surface area contributed by atoms with E-state index in [4.69, 9.17) is 4.74 Å². The fraction of sp³-hybridized carbons (Fsp3) is 0.200. The molecule has 0 saturated heterocycles. The van der Waals surface area contributed by atoms with Gasteiger partial charge in [0.2, 0.25) is 5.91 Å². The molecule has 0 atom stereocenters. The summed E-state index contributed by atoms with van der Waals surface area (Å²) in [6.45, 7) is 8.11. The molecule has 1 N–H and O–H groups in total. The lowest BCUT2D eigenvalue weighted by atomic mass is 10.0. The number of ether oxygens (including phenoxy) is 1. The van der Waals surface area contributed by atoms with E-state index in [1.165, 1.54) is 5.56 Å². The Morgan fingerprint density at radius 2 is 2.08 bits per heavy atom. The van der Waals surface area contributed by atoms with Crippen LogP contribution < -0.4 is 10.2 Å². The van der Waals surface area contributed by atoms with Gasteiger partial charge in [-0.25, -0.2) is 5.43 Å². The van der Waals surface area contributed by atoms with Crippen molar-refractivity contribution in [3.05, 3.63) is 77.4 Å². The summed E-state index contributed by atoms with van der Waals surface area (Å²) in [5.41, 5.74) is 6.72. The van der Waals surface area contributed by atoms with E-state index in [-0.39, 0.29) is 5.91 Å². The lowest BCUT2D eigenvalue weighted by Crippen LogP contribution is -2.20. The maximum absolute atomic E-state index is 12.0. The molecule has 0 fully saturated rings. The van der Waals surface area contributed by atoms with E-state index in [9.17, 15) is 4.79 Å². The van der Waals surface area contributed by atoms with E-state index in [0.29, 0.717) is 13.0 Å². The molecule has 1 amide bonds. The zero-order valence-electron chi connectivity index (χ0n) is 14.1.